The Hall–Kier alpha value is -3.64. The van der Waals surface area contributed by atoms with Gasteiger partial charge in [-0.3, -0.25) is 9.89 Å². The van der Waals surface area contributed by atoms with Gasteiger partial charge in [0.25, 0.3) is 5.91 Å². The average Bonchev–Trinajstić information content (AvgIpc) is 3.50. The summed E-state index contributed by atoms with van der Waals surface area (Å²) in [6.07, 6.45) is 2.86. The molecule has 3 aromatic carbocycles. The highest BCUT2D eigenvalue weighted by molar-refractivity contribution is 6.01. The highest BCUT2D eigenvalue weighted by atomic mass is 16.5. The maximum Gasteiger partial charge on any atom is 0.251 e. The second-order valence-corrected chi connectivity index (χ2v) is 9.39. The summed E-state index contributed by atoms with van der Waals surface area (Å²) >= 11 is 0. The van der Waals surface area contributed by atoms with Crippen LogP contribution in [0.1, 0.15) is 41.3 Å². The van der Waals surface area contributed by atoms with Crippen LogP contribution in [0.2, 0.25) is 0 Å². The molecule has 2 N–H and O–H groups in total. The number of benzene rings is 3. The molecule has 0 saturated heterocycles. The van der Waals surface area contributed by atoms with E-state index in [1.54, 1.807) is 0 Å². The van der Waals surface area contributed by atoms with Crippen molar-refractivity contribution < 1.29 is 9.53 Å². The number of aromatic nitrogens is 2. The molecule has 5 rings (SSSR count). The number of nitrogens with zero attached hydrogens (tertiary/aromatic N) is 2. The Morgan fingerprint density at radius 3 is 2.83 bits per heavy atom. The minimum absolute atomic E-state index is 0.0482. The molecule has 0 bridgehead atoms. The zero-order chi connectivity index (χ0) is 24.2. The Morgan fingerprint density at radius 2 is 2.00 bits per heavy atom. The van der Waals surface area contributed by atoms with E-state index in [9.17, 15) is 4.79 Å². The molecule has 0 saturated carbocycles. The Kier molecular flexibility index (Phi) is 6.82. The Labute approximate surface area is 206 Å². The lowest BCUT2D eigenvalue weighted by molar-refractivity contribution is 0.0924. The van der Waals surface area contributed by atoms with Crippen molar-refractivity contribution in [1.82, 2.24) is 20.4 Å². The maximum absolute atomic E-state index is 13.3. The molecule has 1 unspecified atom stereocenters. The molecule has 0 aliphatic carbocycles. The fourth-order valence-corrected chi connectivity index (χ4v) is 4.87. The molecule has 1 atom stereocenters. The van der Waals surface area contributed by atoms with Gasteiger partial charge in [-0.25, -0.2) is 0 Å². The van der Waals surface area contributed by atoms with Gasteiger partial charge >= 0.3 is 0 Å². The molecule has 1 aliphatic heterocycles. The van der Waals surface area contributed by atoms with Gasteiger partial charge in [0, 0.05) is 42.1 Å². The molecule has 35 heavy (non-hydrogen) atoms. The van der Waals surface area contributed by atoms with Crippen LogP contribution < -0.4 is 10.1 Å². The SMILES string of the molecule is CCCC(CN(C)Cc1ccccc1)NC(=O)c1ccc2[nH]nc(-c3ccc4c(c3)CCO4)c2c1. The van der Waals surface area contributed by atoms with Crippen LogP contribution in [-0.4, -0.2) is 47.2 Å². The van der Waals surface area contributed by atoms with E-state index in [0.29, 0.717) is 5.56 Å². The van der Waals surface area contributed by atoms with Gasteiger partial charge in [0.1, 0.15) is 5.75 Å². The standard InChI is InChI=1S/C29H32N4O2/c1-3-7-24(19-33(2)18-20-8-5-4-6-9-20)30-29(34)23-10-12-26-25(17-23)28(32-31-26)22-11-13-27-21(16-22)14-15-35-27/h4-6,8-13,16-17,24H,3,7,14-15,18-19H2,1-2H3,(H,30,34)(H,31,32). The van der Waals surface area contributed by atoms with Crippen molar-refractivity contribution in [2.24, 2.45) is 0 Å². The predicted octanol–water partition coefficient (Wildman–Crippen LogP) is 5.20. The second kappa shape index (κ2) is 10.3. The number of aromatic amines is 1. The van der Waals surface area contributed by atoms with Crippen molar-refractivity contribution in [1.29, 1.82) is 0 Å². The van der Waals surface area contributed by atoms with E-state index in [0.717, 1.165) is 66.9 Å². The van der Waals surface area contributed by atoms with Gasteiger partial charge in [-0.05, 0) is 61.0 Å². The normalized spacial score (nSPS) is 13.6. The summed E-state index contributed by atoms with van der Waals surface area (Å²) in [5.41, 5.74) is 5.93. The fourth-order valence-electron chi connectivity index (χ4n) is 4.87. The number of ether oxygens (including phenoxy) is 1. The number of fused-ring (bicyclic) bond motifs is 2. The average molecular weight is 469 g/mol. The zero-order valence-corrected chi connectivity index (χ0v) is 20.4. The highest BCUT2D eigenvalue weighted by Gasteiger charge is 2.19. The Bertz CT molecular complexity index is 1320. The number of nitrogens with one attached hydrogen (secondary N) is 2. The van der Waals surface area contributed by atoms with Crippen LogP contribution in [0.25, 0.3) is 22.2 Å². The highest BCUT2D eigenvalue weighted by Crippen LogP contribution is 2.33. The molecule has 1 aliphatic rings. The molecule has 6 nitrogen and oxygen atoms in total. The largest absolute Gasteiger partial charge is 0.493 e. The molecule has 180 valence electrons. The van der Waals surface area contributed by atoms with E-state index in [2.05, 4.69) is 64.7 Å². The minimum Gasteiger partial charge on any atom is -0.493 e. The first-order valence-electron chi connectivity index (χ1n) is 12.4. The molecule has 0 fully saturated rings. The fraction of sp³-hybridized carbons (Fsp3) is 0.310. The third-order valence-electron chi connectivity index (χ3n) is 6.59. The first kappa shape index (κ1) is 23.1. The second-order valence-electron chi connectivity index (χ2n) is 9.39. The van der Waals surface area contributed by atoms with E-state index >= 15 is 0 Å². The summed E-state index contributed by atoms with van der Waals surface area (Å²) < 4.78 is 5.64. The minimum atomic E-state index is -0.0482. The van der Waals surface area contributed by atoms with Crippen LogP contribution in [0.15, 0.2) is 66.7 Å². The topological polar surface area (TPSA) is 70.2 Å². The lowest BCUT2D eigenvalue weighted by Gasteiger charge is -2.25. The number of carbonyl (C=O) groups excluding carboxylic acids is 1. The molecule has 2 heterocycles. The summed E-state index contributed by atoms with van der Waals surface area (Å²) in [4.78, 5) is 15.5. The Morgan fingerprint density at radius 1 is 1.14 bits per heavy atom. The van der Waals surface area contributed by atoms with E-state index in [1.807, 2.05) is 36.4 Å². The number of hydrogen-bond donors (Lipinski definition) is 2. The van der Waals surface area contributed by atoms with E-state index < -0.39 is 0 Å². The van der Waals surface area contributed by atoms with Crippen LogP contribution in [0.4, 0.5) is 0 Å². The molecule has 0 spiro atoms. The summed E-state index contributed by atoms with van der Waals surface area (Å²) in [5.74, 6) is 0.904. The van der Waals surface area contributed by atoms with Gasteiger partial charge in [0.05, 0.1) is 17.8 Å². The number of likely N-dealkylation sites (N-methyl/N-ethyl adjacent to an activating group) is 1. The number of hydrogen-bond acceptors (Lipinski definition) is 4. The van der Waals surface area contributed by atoms with Crippen molar-refractivity contribution in [3.8, 4) is 17.0 Å². The number of carbonyl (C=O) groups is 1. The van der Waals surface area contributed by atoms with Gasteiger partial charge < -0.3 is 15.0 Å². The van der Waals surface area contributed by atoms with Crippen molar-refractivity contribution in [3.63, 3.8) is 0 Å². The molecule has 4 aromatic rings. The lowest BCUT2D eigenvalue weighted by atomic mass is 10.0. The third kappa shape index (κ3) is 5.23. The van der Waals surface area contributed by atoms with Gasteiger partial charge in [-0.1, -0.05) is 43.7 Å². The number of amides is 1. The smallest absolute Gasteiger partial charge is 0.251 e. The maximum atomic E-state index is 13.3. The molecular formula is C29H32N4O2. The zero-order valence-electron chi connectivity index (χ0n) is 20.4. The van der Waals surface area contributed by atoms with Crippen LogP contribution in [0.5, 0.6) is 5.75 Å². The molecule has 1 amide bonds. The van der Waals surface area contributed by atoms with Crippen molar-refractivity contribution in [2.75, 3.05) is 20.2 Å². The van der Waals surface area contributed by atoms with E-state index in [4.69, 9.17) is 4.74 Å². The van der Waals surface area contributed by atoms with Gasteiger partial charge in [0.15, 0.2) is 0 Å². The summed E-state index contributed by atoms with van der Waals surface area (Å²) in [7, 11) is 2.10. The van der Waals surface area contributed by atoms with Crippen LogP contribution >= 0.6 is 0 Å². The summed E-state index contributed by atoms with van der Waals surface area (Å²) in [6, 6.07) is 22.4. The molecule has 0 radical (unpaired) electrons. The summed E-state index contributed by atoms with van der Waals surface area (Å²) in [6.45, 7) is 4.53. The first-order valence-corrected chi connectivity index (χ1v) is 12.4. The third-order valence-corrected chi connectivity index (χ3v) is 6.59. The molecular weight excluding hydrogens is 436 g/mol. The summed E-state index contributed by atoms with van der Waals surface area (Å²) in [5, 5.41) is 11.9. The van der Waals surface area contributed by atoms with E-state index in [1.165, 1.54) is 11.1 Å². The van der Waals surface area contributed by atoms with Crippen molar-refractivity contribution in [3.05, 3.63) is 83.4 Å². The quantitative estimate of drug-likeness (QED) is 0.354. The Balaban J connectivity index is 1.32. The molecule has 6 heteroatoms. The van der Waals surface area contributed by atoms with Crippen molar-refractivity contribution >= 4 is 16.8 Å². The monoisotopic (exact) mass is 468 g/mol. The van der Waals surface area contributed by atoms with Gasteiger partial charge in [-0.15, -0.1) is 0 Å². The number of H-pyrrole nitrogens is 1. The van der Waals surface area contributed by atoms with Gasteiger partial charge in [0.2, 0.25) is 0 Å². The first-order chi connectivity index (χ1) is 17.1. The number of rotatable bonds is 9. The van der Waals surface area contributed by atoms with Crippen LogP contribution in [0, 0.1) is 0 Å². The van der Waals surface area contributed by atoms with Crippen LogP contribution in [-0.2, 0) is 13.0 Å². The molecule has 1 aromatic heterocycles. The van der Waals surface area contributed by atoms with Crippen LogP contribution in [0.3, 0.4) is 0 Å². The van der Waals surface area contributed by atoms with Crippen molar-refractivity contribution in [2.45, 2.75) is 38.8 Å². The lowest BCUT2D eigenvalue weighted by Crippen LogP contribution is -2.42. The van der Waals surface area contributed by atoms with E-state index in [-0.39, 0.29) is 11.9 Å². The predicted molar refractivity (Wildman–Crippen MR) is 140 cm³/mol. The van der Waals surface area contributed by atoms with Gasteiger partial charge in [-0.2, -0.15) is 5.10 Å².